The highest BCUT2D eigenvalue weighted by atomic mass is 16.5. The lowest BCUT2D eigenvalue weighted by Crippen LogP contribution is -2.45. The fourth-order valence-electron chi connectivity index (χ4n) is 2.53. The number of anilines is 2. The first-order chi connectivity index (χ1) is 10.7. The Morgan fingerprint density at radius 2 is 1.95 bits per heavy atom. The zero-order valence-electron chi connectivity index (χ0n) is 12.9. The SMILES string of the molecule is CC[C@H]1CN(C(=O)Nc2ccc(C)cc2)c2ccccc2O1. The van der Waals surface area contributed by atoms with E-state index in [2.05, 4.69) is 12.2 Å². The lowest BCUT2D eigenvalue weighted by molar-refractivity contribution is 0.188. The van der Waals surface area contributed by atoms with E-state index in [1.807, 2.05) is 55.5 Å². The summed E-state index contributed by atoms with van der Waals surface area (Å²) in [7, 11) is 0. The summed E-state index contributed by atoms with van der Waals surface area (Å²) in [5, 5.41) is 2.96. The van der Waals surface area contributed by atoms with Crippen molar-refractivity contribution in [2.75, 3.05) is 16.8 Å². The highest BCUT2D eigenvalue weighted by Crippen LogP contribution is 2.34. The van der Waals surface area contributed by atoms with E-state index in [1.54, 1.807) is 4.90 Å². The van der Waals surface area contributed by atoms with Crippen molar-refractivity contribution < 1.29 is 9.53 Å². The Hall–Kier alpha value is -2.49. The molecular weight excluding hydrogens is 276 g/mol. The van der Waals surface area contributed by atoms with Crippen LogP contribution >= 0.6 is 0 Å². The number of urea groups is 1. The van der Waals surface area contributed by atoms with Crippen molar-refractivity contribution in [2.24, 2.45) is 0 Å². The van der Waals surface area contributed by atoms with Crippen molar-refractivity contribution in [3.05, 3.63) is 54.1 Å². The van der Waals surface area contributed by atoms with Gasteiger partial charge in [-0.25, -0.2) is 4.79 Å². The first-order valence-electron chi connectivity index (χ1n) is 7.58. The number of ether oxygens (including phenoxy) is 1. The van der Waals surface area contributed by atoms with E-state index >= 15 is 0 Å². The van der Waals surface area contributed by atoms with E-state index in [1.165, 1.54) is 5.56 Å². The molecule has 0 radical (unpaired) electrons. The number of nitrogens with one attached hydrogen (secondary N) is 1. The summed E-state index contributed by atoms with van der Waals surface area (Å²) in [6.45, 7) is 4.65. The maximum atomic E-state index is 12.6. The number of fused-ring (bicyclic) bond motifs is 1. The number of carbonyl (C=O) groups excluding carboxylic acids is 1. The van der Waals surface area contributed by atoms with Crippen LogP contribution in [0.4, 0.5) is 16.2 Å². The Bertz CT molecular complexity index is 667. The molecule has 2 aromatic rings. The third kappa shape index (κ3) is 2.91. The molecule has 4 nitrogen and oxygen atoms in total. The van der Waals surface area contributed by atoms with Crippen molar-refractivity contribution in [1.82, 2.24) is 0 Å². The molecule has 0 saturated carbocycles. The molecule has 1 heterocycles. The third-order valence-corrected chi connectivity index (χ3v) is 3.84. The fraction of sp³-hybridized carbons (Fsp3) is 0.278. The third-order valence-electron chi connectivity index (χ3n) is 3.84. The van der Waals surface area contributed by atoms with Crippen LogP contribution in [0.25, 0.3) is 0 Å². The second-order valence-corrected chi connectivity index (χ2v) is 5.52. The monoisotopic (exact) mass is 296 g/mol. The average Bonchev–Trinajstić information content (AvgIpc) is 2.55. The van der Waals surface area contributed by atoms with E-state index in [0.29, 0.717) is 6.54 Å². The molecule has 22 heavy (non-hydrogen) atoms. The summed E-state index contributed by atoms with van der Waals surface area (Å²) < 4.78 is 5.91. The minimum Gasteiger partial charge on any atom is -0.486 e. The van der Waals surface area contributed by atoms with E-state index in [4.69, 9.17) is 4.74 Å². The van der Waals surface area contributed by atoms with Gasteiger partial charge in [-0.1, -0.05) is 36.8 Å². The van der Waals surface area contributed by atoms with Gasteiger partial charge in [-0.2, -0.15) is 0 Å². The Balaban J connectivity index is 1.83. The van der Waals surface area contributed by atoms with Gasteiger partial charge in [0.1, 0.15) is 11.9 Å². The maximum absolute atomic E-state index is 12.6. The van der Waals surface area contributed by atoms with Gasteiger partial charge in [0.05, 0.1) is 12.2 Å². The van der Waals surface area contributed by atoms with Crippen LogP contribution in [-0.4, -0.2) is 18.7 Å². The molecule has 0 fully saturated rings. The molecule has 0 spiro atoms. The summed E-state index contributed by atoms with van der Waals surface area (Å²) in [4.78, 5) is 14.4. The van der Waals surface area contributed by atoms with E-state index in [0.717, 1.165) is 23.5 Å². The molecular formula is C18H20N2O2. The molecule has 2 amide bonds. The van der Waals surface area contributed by atoms with E-state index in [-0.39, 0.29) is 12.1 Å². The number of aryl methyl sites for hydroxylation is 1. The van der Waals surface area contributed by atoms with Gasteiger partial charge in [-0.05, 0) is 37.6 Å². The Morgan fingerprint density at radius 1 is 1.23 bits per heavy atom. The Kier molecular flexibility index (Phi) is 4.00. The largest absolute Gasteiger partial charge is 0.486 e. The smallest absolute Gasteiger partial charge is 0.326 e. The molecule has 0 unspecified atom stereocenters. The number of benzene rings is 2. The van der Waals surface area contributed by atoms with Gasteiger partial charge < -0.3 is 10.1 Å². The highest BCUT2D eigenvalue weighted by Gasteiger charge is 2.28. The number of rotatable bonds is 2. The normalized spacial score (nSPS) is 16.6. The predicted octanol–water partition coefficient (Wildman–Crippen LogP) is 4.20. The number of carbonyl (C=O) groups is 1. The van der Waals surface area contributed by atoms with Crippen molar-refractivity contribution in [3.8, 4) is 5.75 Å². The maximum Gasteiger partial charge on any atom is 0.326 e. The van der Waals surface area contributed by atoms with Crippen molar-refractivity contribution in [1.29, 1.82) is 0 Å². The molecule has 114 valence electrons. The second kappa shape index (κ2) is 6.10. The summed E-state index contributed by atoms with van der Waals surface area (Å²) in [6.07, 6.45) is 0.890. The van der Waals surface area contributed by atoms with Gasteiger partial charge in [-0.15, -0.1) is 0 Å². The van der Waals surface area contributed by atoms with Crippen LogP contribution < -0.4 is 15.0 Å². The molecule has 3 rings (SSSR count). The zero-order valence-corrected chi connectivity index (χ0v) is 12.9. The fourth-order valence-corrected chi connectivity index (χ4v) is 2.53. The van der Waals surface area contributed by atoms with Gasteiger partial charge in [0, 0.05) is 5.69 Å². The molecule has 4 heteroatoms. The molecule has 1 atom stereocenters. The minimum atomic E-state index is -0.127. The van der Waals surface area contributed by atoms with Crippen LogP contribution in [0.5, 0.6) is 5.75 Å². The zero-order chi connectivity index (χ0) is 15.5. The number of amides is 2. The Morgan fingerprint density at radius 3 is 2.68 bits per heavy atom. The van der Waals surface area contributed by atoms with Gasteiger partial charge in [0.2, 0.25) is 0 Å². The van der Waals surface area contributed by atoms with E-state index in [9.17, 15) is 4.79 Å². The Labute approximate surface area is 130 Å². The summed E-state index contributed by atoms with van der Waals surface area (Å²) in [6, 6.07) is 15.3. The molecule has 0 bridgehead atoms. The molecule has 1 aliphatic rings. The molecule has 0 aliphatic carbocycles. The number of para-hydroxylation sites is 2. The molecule has 2 aromatic carbocycles. The first kappa shape index (κ1) is 14.4. The molecule has 1 aliphatic heterocycles. The quantitative estimate of drug-likeness (QED) is 0.902. The lowest BCUT2D eigenvalue weighted by Gasteiger charge is -2.34. The molecule has 0 aromatic heterocycles. The van der Waals surface area contributed by atoms with Crippen molar-refractivity contribution in [2.45, 2.75) is 26.4 Å². The van der Waals surface area contributed by atoms with Gasteiger partial charge in [-0.3, -0.25) is 4.90 Å². The van der Waals surface area contributed by atoms with Crippen molar-refractivity contribution in [3.63, 3.8) is 0 Å². The van der Waals surface area contributed by atoms with Crippen LogP contribution in [-0.2, 0) is 0 Å². The summed E-state index contributed by atoms with van der Waals surface area (Å²) in [5.74, 6) is 0.764. The van der Waals surface area contributed by atoms with Crippen LogP contribution in [0.2, 0.25) is 0 Å². The topological polar surface area (TPSA) is 41.6 Å². The highest BCUT2D eigenvalue weighted by molar-refractivity contribution is 6.03. The molecule has 1 N–H and O–H groups in total. The van der Waals surface area contributed by atoms with Crippen molar-refractivity contribution >= 4 is 17.4 Å². The number of hydrogen-bond acceptors (Lipinski definition) is 2. The van der Waals surface area contributed by atoms with Crippen LogP contribution in [0.3, 0.4) is 0 Å². The van der Waals surface area contributed by atoms with Gasteiger partial charge in [0.25, 0.3) is 0 Å². The van der Waals surface area contributed by atoms with Gasteiger partial charge in [0.15, 0.2) is 0 Å². The minimum absolute atomic E-state index is 0.0265. The predicted molar refractivity (Wildman–Crippen MR) is 88.7 cm³/mol. The van der Waals surface area contributed by atoms with E-state index < -0.39 is 0 Å². The number of hydrogen-bond donors (Lipinski definition) is 1. The first-order valence-corrected chi connectivity index (χ1v) is 7.58. The summed E-state index contributed by atoms with van der Waals surface area (Å²) >= 11 is 0. The van der Waals surface area contributed by atoms with Crippen LogP contribution in [0.15, 0.2) is 48.5 Å². The van der Waals surface area contributed by atoms with Crippen LogP contribution in [0, 0.1) is 6.92 Å². The number of nitrogens with zero attached hydrogens (tertiary/aromatic N) is 1. The lowest BCUT2D eigenvalue weighted by atomic mass is 10.1. The van der Waals surface area contributed by atoms with Crippen LogP contribution in [0.1, 0.15) is 18.9 Å². The van der Waals surface area contributed by atoms with Gasteiger partial charge >= 0.3 is 6.03 Å². The average molecular weight is 296 g/mol. The molecule has 0 saturated heterocycles. The standard InChI is InChI=1S/C18H20N2O2/c1-3-15-12-20(16-6-4-5-7-17(16)22-15)18(21)19-14-10-8-13(2)9-11-14/h4-11,15H,3,12H2,1-2H3,(H,19,21)/t15-/m0/s1. The summed E-state index contributed by atoms with van der Waals surface area (Å²) in [5.41, 5.74) is 2.78. The second-order valence-electron chi connectivity index (χ2n) is 5.52.